The Kier molecular flexibility index (Phi) is 5.30. The molecule has 32 heavy (non-hydrogen) atoms. The van der Waals surface area contributed by atoms with Crippen LogP contribution >= 0.6 is 0 Å². The summed E-state index contributed by atoms with van der Waals surface area (Å²) >= 11 is 0. The van der Waals surface area contributed by atoms with Gasteiger partial charge in [0, 0.05) is 24.3 Å². The van der Waals surface area contributed by atoms with Gasteiger partial charge in [-0.3, -0.25) is 14.0 Å². The van der Waals surface area contributed by atoms with E-state index in [2.05, 4.69) is 38.3 Å². The summed E-state index contributed by atoms with van der Waals surface area (Å²) in [4.78, 5) is 20.5. The fourth-order valence-electron chi connectivity index (χ4n) is 3.36. The lowest BCUT2D eigenvalue weighted by Crippen LogP contribution is -2.07. The number of ether oxygens (including phenoxy) is 1. The molecule has 0 fully saturated rings. The Bertz CT molecular complexity index is 1390. The van der Waals surface area contributed by atoms with Crippen LogP contribution < -0.4 is 15.4 Å². The van der Waals surface area contributed by atoms with Crippen molar-refractivity contribution in [1.82, 2.24) is 24.3 Å². The fraction of sp³-hybridized carbons (Fsp3) is 0.136. The van der Waals surface area contributed by atoms with Crippen LogP contribution in [0.4, 0.5) is 17.3 Å². The number of nitriles is 1. The summed E-state index contributed by atoms with van der Waals surface area (Å²) in [6.45, 7) is 5.42. The number of aromatic nitrogens is 5. The number of nitrogens with zero attached hydrogens (tertiary/aromatic N) is 6. The highest BCUT2D eigenvalue weighted by atomic mass is 16.5. The van der Waals surface area contributed by atoms with Gasteiger partial charge < -0.3 is 15.4 Å². The number of amides is 1. The van der Waals surface area contributed by atoms with Gasteiger partial charge in [0.05, 0.1) is 25.0 Å². The molecule has 1 aromatic carbocycles. The number of aryl methyl sites for hydroxylation is 2. The topological polar surface area (TPSA) is 123 Å². The van der Waals surface area contributed by atoms with Gasteiger partial charge in [0.1, 0.15) is 17.3 Å². The Labute approximate surface area is 183 Å². The maximum absolute atomic E-state index is 11.6. The van der Waals surface area contributed by atoms with Crippen molar-refractivity contribution in [3.63, 3.8) is 0 Å². The lowest BCUT2D eigenvalue weighted by atomic mass is 10.1. The first-order valence-corrected chi connectivity index (χ1v) is 9.60. The first-order valence-electron chi connectivity index (χ1n) is 9.60. The normalized spacial score (nSPS) is 10.6. The third-order valence-electron chi connectivity index (χ3n) is 4.81. The molecule has 0 bridgehead atoms. The van der Waals surface area contributed by atoms with E-state index in [1.165, 1.54) is 19.4 Å². The third-order valence-corrected chi connectivity index (χ3v) is 4.81. The summed E-state index contributed by atoms with van der Waals surface area (Å²) in [5.41, 5.74) is 3.36. The quantitative estimate of drug-likeness (QED) is 0.452. The van der Waals surface area contributed by atoms with E-state index in [4.69, 9.17) is 4.74 Å². The molecule has 0 unspecified atom stereocenters. The standard InChI is InChI=1S/C22H20N8O2/c1-5-19(31)25-15-6-7-18-16(8-15)13(2)11-30(18)20-14(9-23)10-24-22(27-20)26-17-12-29(3)28-21(17)32-4/h5-8,10-12H,1H2,2-4H3,(H,25,31)(H,24,26,27). The maximum Gasteiger partial charge on any atom is 0.256 e. The van der Waals surface area contributed by atoms with Gasteiger partial charge in [-0.25, -0.2) is 4.98 Å². The van der Waals surface area contributed by atoms with Crippen LogP contribution in [-0.2, 0) is 11.8 Å². The summed E-state index contributed by atoms with van der Waals surface area (Å²) in [6, 6.07) is 7.67. The predicted octanol–water partition coefficient (Wildman–Crippen LogP) is 3.21. The number of hydrogen-bond acceptors (Lipinski definition) is 7. The van der Waals surface area contributed by atoms with Crippen molar-refractivity contribution in [3.05, 3.63) is 60.6 Å². The van der Waals surface area contributed by atoms with Gasteiger partial charge in [-0.1, -0.05) is 6.58 Å². The average molecular weight is 428 g/mol. The van der Waals surface area contributed by atoms with E-state index in [1.54, 1.807) is 24.0 Å². The minimum Gasteiger partial charge on any atom is -0.478 e. The Morgan fingerprint density at radius 3 is 2.88 bits per heavy atom. The second-order valence-corrected chi connectivity index (χ2v) is 7.00. The van der Waals surface area contributed by atoms with Crippen LogP contribution in [0.2, 0.25) is 0 Å². The maximum atomic E-state index is 11.6. The first-order chi connectivity index (χ1) is 15.4. The van der Waals surface area contributed by atoms with Gasteiger partial charge in [0.2, 0.25) is 11.9 Å². The molecule has 1 amide bonds. The lowest BCUT2D eigenvalue weighted by molar-refractivity contribution is -0.111. The highest BCUT2D eigenvalue weighted by Crippen LogP contribution is 2.29. The molecule has 0 spiro atoms. The lowest BCUT2D eigenvalue weighted by Gasteiger charge is -2.10. The molecule has 2 N–H and O–H groups in total. The minimum absolute atomic E-state index is 0.287. The van der Waals surface area contributed by atoms with Gasteiger partial charge >= 0.3 is 0 Å². The highest BCUT2D eigenvalue weighted by molar-refractivity contribution is 6.00. The third kappa shape index (κ3) is 3.75. The molecule has 0 atom stereocenters. The zero-order valence-corrected chi connectivity index (χ0v) is 17.7. The highest BCUT2D eigenvalue weighted by Gasteiger charge is 2.16. The molecular weight excluding hydrogens is 408 g/mol. The van der Waals surface area contributed by atoms with Crippen molar-refractivity contribution in [3.8, 4) is 17.8 Å². The van der Waals surface area contributed by atoms with Crippen molar-refractivity contribution in [1.29, 1.82) is 5.26 Å². The minimum atomic E-state index is -0.287. The molecule has 3 aromatic heterocycles. The van der Waals surface area contributed by atoms with E-state index in [0.717, 1.165) is 16.5 Å². The van der Waals surface area contributed by atoms with Gasteiger partial charge in [-0.2, -0.15) is 10.2 Å². The van der Waals surface area contributed by atoms with Crippen LogP contribution in [-0.4, -0.2) is 37.3 Å². The van der Waals surface area contributed by atoms with Crippen LogP contribution in [0, 0.1) is 18.3 Å². The zero-order valence-electron chi connectivity index (χ0n) is 17.7. The van der Waals surface area contributed by atoms with Gasteiger partial charge in [-0.05, 0) is 36.8 Å². The van der Waals surface area contributed by atoms with Gasteiger partial charge in [0.25, 0.3) is 5.88 Å². The van der Waals surface area contributed by atoms with Crippen LogP contribution in [0.1, 0.15) is 11.1 Å². The molecule has 0 saturated heterocycles. The molecule has 3 heterocycles. The summed E-state index contributed by atoms with van der Waals surface area (Å²) < 4.78 is 8.70. The predicted molar refractivity (Wildman–Crippen MR) is 120 cm³/mol. The molecule has 10 heteroatoms. The number of rotatable bonds is 6. The summed E-state index contributed by atoms with van der Waals surface area (Å²) in [7, 11) is 3.30. The van der Waals surface area contributed by atoms with Crippen LogP contribution in [0.15, 0.2) is 49.4 Å². The molecule has 160 valence electrons. The number of anilines is 3. The second kappa shape index (κ2) is 8.23. The average Bonchev–Trinajstić information content (AvgIpc) is 3.32. The Hall–Kier alpha value is -4.65. The Morgan fingerprint density at radius 1 is 1.34 bits per heavy atom. The van der Waals surface area contributed by atoms with Crippen molar-refractivity contribution in [2.24, 2.45) is 7.05 Å². The molecule has 4 rings (SSSR count). The summed E-state index contributed by atoms with van der Waals surface area (Å²) in [6.07, 6.45) is 6.32. The molecule has 4 aromatic rings. The second-order valence-electron chi connectivity index (χ2n) is 7.00. The van der Waals surface area contributed by atoms with Crippen LogP contribution in [0.5, 0.6) is 5.88 Å². The van der Waals surface area contributed by atoms with Crippen molar-refractivity contribution in [2.75, 3.05) is 17.7 Å². The van der Waals surface area contributed by atoms with E-state index < -0.39 is 0 Å². The first kappa shape index (κ1) is 20.6. The van der Waals surface area contributed by atoms with Crippen molar-refractivity contribution in [2.45, 2.75) is 6.92 Å². The van der Waals surface area contributed by atoms with E-state index in [1.807, 2.05) is 29.8 Å². The van der Waals surface area contributed by atoms with E-state index in [-0.39, 0.29) is 5.91 Å². The van der Waals surface area contributed by atoms with Crippen LogP contribution in [0.25, 0.3) is 16.7 Å². The number of carbonyl (C=O) groups is 1. The zero-order chi connectivity index (χ0) is 22.8. The number of nitrogens with one attached hydrogen (secondary N) is 2. The molecule has 0 aliphatic carbocycles. The van der Waals surface area contributed by atoms with E-state index >= 15 is 0 Å². The Morgan fingerprint density at radius 2 is 2.16 bits per heavy atom. The number of carbonyl (C=O) groups excluding carboxylic acids is 1. The Balaban J connectivity index is 1.78. The molecule has 10 nitrogen and oxygen atoms in total. The number of fused-ring (bicyclic) bond motifs is 1. The number of hydrogen-bond donors (Lipinski definition) is 2. The van der Waals surface area contributed by atoms with Crippen LogP contribution in [0.3, 0.4) is 0 Å². The fourth-order valence-corrected chi connectivity index (χ4v) is 3.36. The van der Waals surface area contributed by atoms with E-state index in [9.17, 15) is 10.1 Å². The van der Waals surface area contributed by atoms with E-state index in [0.29, 0.717) is 34.6 Å². The molecule has 0 aliphatic rings. The van der Waals surface area contributed by atoms with Crippen molar-refractivity contribution >= 4 is 34.1 Å². The summed E-state index contributed by atoms with van der Waals surface area (Å²) in [5.74, 6) is 0.831. The smallest absolute Gasteiger partial charge is 0.256 e. The SMILES string of the molecule is C=CC(=O)Nc1ccc2c(c1)c(C)cn2-c1nc(Nc2cn(C)nc2OC)ncc1C#N. The largest absolute Gasteiger partial charge is 0.478 e. The molecule has 0 radical (unpaired) electrons. The number of methoxy groups -OCH3 is 1. The molecule has 0 aliphatic heterocycles. The van der Waals surface area contributed by atoms with Gasteiger partial charge in [-0.15, -0.1) is 5.10 Å². The summed E-state index contributed by atoms with van der Waals surface area (Å²) in [5, 5.41) is 20.6. The molecule has 0 saturated carbocycles. The van der Waals surface area contributed by atoms with Gasteiger partial charge in [0.15, 0.2) is 5.82 Å². The number of benzene rings is 1. The van der Waals surface area contributed by atoms with Crippen molar-refractivity contribution < 1.29 is 9.53 Å². The molecular formula is C22H20N8O2. The monoisotopic (exact) mass is 428 g/mol.